The molecule has 0 radical (unpaired) electrons. The van der Waals surface area contributed by atoms with Gasteiger partial charge in [-0.15, -0.1) is 0 Å². The summed E-state index contributed by atoms with van der Waals surface area (Å²) in [6.07, 6.45) is 19.7. The molecule has 0 unspecified atom stereocenters. The minimum Gasteiger partial charge on any atom is -0.378 e. The van der Waals surface area contributed by atoms with Crippen LogP contribution in [0.15, 0.2) is 11.9 Å². The van der Waals surface area contributed by atoms with Crippen molar-refractivity contribution in [3.05, 3.63) is 11.9 Å². The molecule has 0 spiro atoms. The third kappa shape index (κ3) is 8.21. The van der Waals surface area contributed by atoms with Crippen LogP contribution in [-0.2, 0) is 4.74 Å². The smallest absolute Gasteiger partial charge is 0.196 e. The first-order valence-corrected chi connectivity index (χ1v) is 11.1. The van der Waals surface area contributed by atoms with Gasteiger partial charge >= 0.3 is 0 Å². The molecule has 2 rings (SSSR count). The van der Waals surface area contributed by atoms with Crippen LogP contribution in [0, 0.1) is 29.1 Å². The van der Waals surface area contributed by atoms with E-state index in [4.69, 9.17) is 10.00 Å². The van der Waals surface area contributed by atoms with Gasteiger partial charge in [-0.1, -0.05) is 58.3 Å². The molecule has 0 heterocycles. The number of nitriles is 1. The summed E-state index contributed by atoms with van der Waals surface area (Å²) in [6, 6.07) is 1.58. The van der Waals surface area contributed by atoms with E-state index in [-0.39, 0.29) is 5.92 Å². The van der Waals surface area contributed by atoms with Gasteiger partial charge in [-0.3, -0.25) is 0 Å². The summed E-state index contributed by atoms with van der Waals surface area (Å²) < 4.78 is 19.2. The van der Waals surface area contributed by atoms with E-state index in [0.29, 0.717) is 6.10 Å². The number of nitrogens with zero attached hydrogens (tertiary/aromatic N) is 1. The van der Waals surface area contributed by atoms with E-state index in [1.165, 1.54) is 70.3 Å². The Morgan fingerprint density at radius 2 is 1.62 bits per heavy atom. The first-order chi connectivity index (χ1) is 12.7. The Morgan fingerprint density at radius 3 is 2.27 bits per heavy atom. The SMILES string of the molecule is CCCCCCCC1CCC(COC2CCC(/C=C(/F)C#N)CC2)CC1. The first kappa shape index (κ1) is 21.4. The number of ether oxygens (including phenoxy) is 1. The number of rotatable bonds is 10. The molecule has 0 aromatic carbocycles. The summed E-state index contributed by atoms with van der Waals surface area (Å²) in [5, 5.41) is 8.53. The van der Waals surface area contributed by atoms with E-state index >= 15 is 0 Å². The van der Waals surface area contributed by atoms with Gasteiger partial charge in [-0.25, -0.2) is 0 Å². The molecule has 3 heteroatoms. The number of unbranched alkanes of at least 4 members (excludes halogenated alkanes) is 4. The second-order valence-electron chi connectivity index (χ2n) is 8.59. The van der Waals surface area contributed by atoms with Gasteiger partial charge in [0, 0.05) is 6.61 Å². The van der Waals surface area contributed by atoms with Gasteiger partial charge in [0.2, 0.25) is 0 Å². The van der Waals surface area contributed by atoms with Crippen molar-refractivity contribution in [2.45, 2.75) is 103 Å². The fraction of sp³-hybridized carbons (Fsp3) is 0.870. The molecular formula is C23H38FNO. The molecule has 0 aromatic heterocycles. The van der Waals surface area contributed by atoms with Crippen LogP contribution in [0.5, 0.6) is 0 Å². The van der Waals surface area contributed by atoms with Gasteiger partial charge in [0.1, 0.15) is 6.07 Å². The number of hydrogen-bond donors (Lipinski definition) is 0. The molecule has 0 aromatic rings. The van der Waals surface area contributed by atoms with Crippen LogP contribution >= 0.6 is 0 Å². The van der Waals surface area contributed by atoms with Gasteiger partial charge in [-0.2, -0.15) is 9.65 Å². The Labute approximate surface area is 160 Å². The second-order valence-corrected chi connectivity index (χ2v) is 8.59. The standard InChI is InChI=1S/C23H38FNO/c1-2-3-4-5-6-7-19-8-10-21(11-9-19)18-26-23-14-12-20(13-15-23)16-22(24)17-25/h16,19-21,23H,2-15,18H2,1H3/b22-16+. The number of allylic oxidation sites excluding steroid dienone is 2. The van der Waals surface area contributed by atoms with Gasteiger partial charge in [0.25, 0.3) is 0 Å². The summed E-state index contributed by atoms with van der Waals surface area (Å²) in [5.41, 5.74) is 0. The summed E-state index contributed by atoms with van der Waals surface area (Å²) in [7, 11) is 0. The van der Waals surface area contributed by atoms with Crippen molar-refractivity contribution < 1.29 is 9.13 Å². The Balaban J connectivity index is 1.52. The molecule has 0 amide bonds. The largest absolute Gasteiger partial charge is 0.378 e. The highest BCUT2D eigenvalue weighted by Gasteiger charge is 2.24. The predicted molar refractivity (Wildman–Crippen MR) is 105 cm³/mol. The quantitative estimate of drug-likeness (QED) is 0.306. The fourth-order valence-corrected chi connectivity index (χ4v) is 4.66. The zero-order valence-electron chi connectivity index (χ0n) is 16.7. The van der Waals surface area contributed by atoms with Gasteiger partial charge in [0.05, 0.1) is 6.10 Å². The minimum atomic E-state index is -0.628. The molecule has 26 heavy (non-hydrogen) atoms. The maximum atomic E-state index is 13.0. The van der Waals surface area contributed by atoms with Gasteiger partial charge in [0.15, 0.2) is 5.83 Å². The van der Waals surface area contributed by atoms with Crippen molar-refractivity contribution in [1.82, 2.24) is 0 Å². The lowest BCUT2D eigenvalue weighted by molar-refractivity contribution is -0.00672. The Kier molecular flexibility index (Phi) is 10.3. The molecule has 0 saturated heterocycles. The molecule has 2 fully saturated rings. The number of halogens is 1. The summed E-state index contributed by atoms with van der Waals surface area (Å²) in [6.45, 7) is 3.20. The van der Waals surface area contributed by atoms with E-state index in [2.05, 4.69) is 6.92 Å². The zero-order valence-corrected chi connectivity index (χ0v) is 16.7. The monoisotopic (exact) mass is 363 g/mol. The average molecular weight is 364 g/mol. The third-order valence-corrected chi connectivity index (χ3v) is 6.46. The van der Waals surface area contributed by atoms with Crippen molar-refractivity contribution in [1.29, 1.82) is 5.26 Å². The van der Waals surface area contributed by atoms with Crippen molar-refractivity contribution in [3.63, 3.8) is 0 Å². The van der Waals surface area contributed by atoms with Crippen molar-refractivity contribution in [2.75, 3.05) is 6.61 Å². The van der Waals surface area contributed by atoms with Crippen molar-refractivity contribution >= 4 is 0 Å². The Hall–Kier alpha value is -0.880. The topological polar surface area (TPSA) is 33.0 Å². The van der Waals surface area contributed by atoms with Crippen LogP contribution in [0.4, 0.5) is 4.39 Å². The molecule has 0 aliphatic heterocycles. The molecule has 148 valence electrons. The molecule has 2 aliphatic carbocycles. The van der Waals surface area contributed by atoms with Crippen LogP contribution in [0.1, 0.15) is 96.8 Å². The van der Waals surface area contributed by atoms with Crippen molar-refractivity contribution in [3.8, 4) is 6.07 Å². The highest BCUT2D eigenvalue weighted by atomic mass is 19.1. The minimum absolute atomic E-state index is 0.224. The van der Waals surface area contributed by atoms with Crippen LogP contribution in [-0.4, -0.2) is 12.7 Å². The van der Waals surface area contributed by atoms with E-state index in [1.807, 2.05) is 0 Å². The Bertz CT molecular complexity index is 440. The predicted octanol–water partition coefficient (Wildman–Crippen LogP) is 7.11. The summed E-state index contributed by atoms with van der Waals surface area (Å²) in [5.74, 6) is 1.31. The maximum Gasteiger partial charge on any atom is 0.196 e. The Morgan fingerprint density at radius 1 is 0.962 bits per heavy atom. The summed E-state index contributed by atoms with van der Waals surface area (Å²) >= 11 is 0. The van der Waals surface area contributed by atoms with E-state index in [1.54, 1.807) is 6.07 Å². The summed E-state index contributed by atoms with van der Waals surface area (Å²) in [4.78, 5) is 0. The van der Waals surface area contributed by atoms with Crippen LogP contribution in [0.3, 0.4) is 0 Å². The van der Waals surface area contributed by atoms with Gasteiger partial charge < -0.3 is 4.74 Å². The molecule has 0 bridgehead atoms. The lowest BCUT2D eigenvalue weighted by atomic mass is 9.80. The van der Waals surface area contributed by atoms with E-state index in [9.17, 15) is 4.39 Å². The third-order valence-electron chi connectivity index (χ3n) is 6.46. The lowest BCUT2D eigenvalue weighted by Gasteiger charge is -2.31. The van der Waals surface area contributed by atoms with Crippen LogP contribution < -0.4 is 0 Å². The number of hydrogen-bond acceptors (Lipinski definition) is 2. The maximum absolute atomic E-state index is 13.0. The highest BCUT2D eigenvalue weighted by Crippen LogP contribution is 2.34. The van der Waals surface area contributed by atoms with E-state index in [0.717, 1.165) is 44.1 Å². The molecule has 2 aliphatic rings. The lowest BCUT2D eigenvalue weighted by Crippen LogP contribution is -2.25. The van der Waals surface area contributed by atoms with Crippen molar-refractivity contribution in [2.24, 2.45) is 17.8 Å². The fourth-order valence-electron chi connectivity index (χ4n) is 4.66. The zero-order chi connectivity index (χ0) is 18.6. The van der Waals surface area contributed by atoms with Gasteiger partial charge in [-0.05, 0) is 62.4 Å². The highest BCUT2D eigenvalue weighted by molar-refractivity contribution is 5.13. The molecule has 2 nitrogen and oxygen atoms in total. The molecule has 2 saturated carbocycles. The molecular weight excluding hydrogens is 325 g/mol. The molecule has 0 atom stereocenters. The normalized spacial score (nSPS) is 30.1. The van der Waals surface area contributed by atoms with E-state index < -0.39 is 5.83 Å². The molecule has 0 N–H and O–H groups in total. The first-order valence-electron chi connectivity index (χ1n) is 11.1. The average Bonchev–Trinajstić information content (AvgIpc) is 2.68. The van der Waals surface area contributed by atoms with Crippen LogP contribution in [0.2, 0.25) is 0 Å². The van der Waals surface area contributed by atoms with Crippen LogP contribution in [0.25, 0.3) is 0 Å². The second kappa shape index (κ2) is 12.5.